The average Bonchev–Trinajstić information content (AvgIpc) is 2.68. The predicted molar refractivity (Wildman–Crippen MR) is 97.9 cm³/mol. The molecule has 6 nitrogen and oxygen atoms in total. The fourth-order valence-electron chi connectivity index (χ4n) is 2.31. The highest BCUT2D eigenvalue weighted by Gasteiger charge is 2.19. The lowest BCUT2D eigenvalue weighted by Gasteiger charge is -2.09. The van der Waals surface area contributed by atoms with Crippen molar-refractivity contribution in [3.05, 3.63) is 89.6 Å². The number of pyridine rings is 1. The van der Waals surface area contributed by atoms with E-state index in [4.69, 9.17) is 4.74 Å². The molecule has 0 saturated heterocycles. The first-order chi connectivity index (χ1) is 13.5. The lowest BCUT2D eigenvalue weighted by Crippen LogP contribution is -2.35. The van der Waals surface area contributed by atoms with Crippen molar-refractivity contribution in [1.29, 1.82) is 0 Å². The Bertz CT molecular complexity index is 959. The van der Waals surface area contributed by atoms with E-state index in [0.717, 1.165) is 23.8 Å². The Labute approximate surface area is 159 Å². The molecular formula is C20H15F2N3O3. The molecule has 0 fully saturated rings. The molecule has 28 heavy (non-hydrogen) atoms. The van der Waals surface area contributed by atoms with Crippen molar-refractivity contribution in [2.75, 3.05) is 5.32 Å². The number of hydrogen-bond donors (Lipinski definition) is 2. The van der Waals surface area contributed by atoms with Crippen LogP contribution in [0.3, 0.4) is 0 Å². The molecule has 0 unspecified atom stereocenters. The first-order valence-corrected chi connectivity index (χ1v) is 8.22. The lowest BCUT2D eigenvalue weighted by atomic mass is 10.2. The highest BCUT2D eigenvalue weighted by atomic mass is 19.1. The van der Waals surface area contributed by atoms with Crippen molar-refractivity contribution >= 4 is 17.8 Å². The molecule has 3 rings (SSSR count). The number of aromatic nitrogens is 1. The van der Waals surface area contributed by atoms with E-state index in [1.54, 1.807) is 6.07 Å². The minimum Gasteiger partial charge on any atom is -0.487 e. The van der Waals surface area contributed by atoms with Gasteiger partial charge >= 0.3 is 6.03 Å². The second-order valence-electron chi connectivity index (χ2n) is 5.66. The highest BCUT2D eigenvalue weighted by Crippen LogP contribution is 2.15. The maximum Gasteiger partial charge on any atom is 0.327 e. The zero-order valence-electron chi connectivity index (χ0n) is 14.5. The quantitative estimate of drug-likeness (QED) is 0.700. The third-order valence-corrected chi connectivity index (χ3v) is 3.64. The summed E-state index contributed by atoms with van der Waals surface area (Å²) >= 11 is 0. The van der Waals surface area contributed by atoms with Crippen LogP contribution in [0.1, 0.15) is 15.9 Å². The smallest absolute Gasteiger partial charge is 0.327 e. The maximum absolute atomic E-state index is 13.6. The van der Waals surface area contributed by atoms with Gasteiger partial charge in [-0.25, -0.2) is 18.6 Å². The number of carbonyl (C=O) groups excluding carboxylic acids is 2. The molecule has 0 saturated carbocycles. The molecular weight excluding hydrogens is 368 g/mol. The summed E-state index contributed by atoms with van der Waals surface area (Å²) in [5, 5.41) is 4.15. The number of rotatable bonds is 5. The minimum absolute atomic E-state index is 0.131. The van der Waals surface area contributed by atoms with E-state index in [2.05, 4.69) is 10.3 Å². The van der Waals surface area contributed by atoms with Gasteiger partial charge in [0.05, 0.1) is 6.20 Å². The second kappa shape index (κ2) is 8.72. The van der Waals surface area contributed by atoms with Crippen molar-refractivity contribution in [2.45, 2.75) is 6.61 Å². The monoisotopic (exact) mass is 383 g/mol. The van der Waals surface area contributed by atoms with Gasteiger partial charge in [0.15, 0.2) is 0 Å². The van der Waals surface area contributed by atoms with Crippen LogP contribution in [0, 0.1) is 11.6 Å². The number of nitrogens with one attached hydrogen (secondary N) is 2. The SMILES string of the molecule is O=C(NC(=O)c1c(F)cccc1F)Nc1ccc(OCc2ccccc2)cn1. The van der Waals surface area contributed by atoms with Gasteiger partial charge in [0.1, 0.15) is 35.4 Å². The van der Waals surface area contributed by atoms with Crippen molar-refractivity contribution < 1.29 is 23.1 Å². The number of hydrogen-bond acceptors (Lipinski definition) is 4. The summed E-state index contributed by atoms with van der Waals surface area (Å²) in [4.78, 5) is 27.7. The summed E-state index contributed by atoms with van der Waals surface area (Å²) in [7, 11) is 0. The Morgan fingerprint density at radius 3 is 2.29 bits per heavy atom. The normalized spacial score (nSPS) is 10.2. The zero-order valence-corrected chi connectivity index (χ0v) is 14.5. The van der Waals surface area contributed by atoms with Crippen LogP contribution in [0.5, 0.6) is 5.75 Å². The predicted octanol–water partition coefficient (Wildman–Crippen LogP) is 3.90. The number of benzene rings is 2. The van der Waals surface area contributed by atoms with Gasteiger partial charge in [-0.15, -0.1) is 0 Å². The van der Waals surface area contributed by atoms with Gasteiger partial charge in [0.2, 0.25) is 0 Å². The van der Waals surface area contributed by atoms with Crippen LogP contribution in [0.4, 0.5) is 19.4 Å². The van der Waals surface area contributed by atoms with Gasteiger partial charge < -0.3 is 4.74 Å². The Morgan fingerprint density at radius 1 is 0.929 bits per heavy atom. The number of amides is 3. The van der Waals surface area contributed by atoms with E-state index >= 15 is 0 Å². The summed E-state index contributed by atoms with van der Waals surface area (Å²) < 4.78 is 32.7. The Balaban J connectivity index is 1.55. The van der Waals surface area contributed by atoms with Crippen LogP contribution in [-0.4, -0.2) is 16.9 Å². The Hall–Kier alpha value is -3.81. The fraction of sp³-hybridized carbons (Fsp3) is 0.0500. The summed E-state index contributed by atoms with van der Waals surface area (Å²) in [6.07, 6.45) is 1.40. The second-order valence-corrected chi connectivity index (χ2v) is 5.66. The van der Waals surface area contributed by atoms with Crippen LogP contribution < -0.4 is 15.4 Å². The molecule has 3 amide bonds. The van der Waals surface area contributed by atoms with Crippen LogP contribution >= 0.6 is 0 Å². The van der Waals surface area contributed by atoms with Crippen LogP contribution in [-0.2, 0) is 6.61 Å². The van der Waals surface area contributed by atoms with Gasteiger partial charge in [-0.1, -0.05) is 36.4 Å². The number of halogens is 2. The molecule has 142 valence electrons. The zero-order chi connectivity index (χ0) is 19.9. The van der Waals surface area contributed by atoms with E-state index in [-0.39, 0.29) is 5.82 Å². The highest BCUT2D eigenvalue weighted by molar-refractivity contribution is 6.07. The largest absolute Gasteiger partial charge is 0.487 e. The molecule has 0 aliphatic carbocycles. The number of nitrogens with zero attached hydrogens (tertiary/aromatic N) is 1. The van der Waals surface area contributed by atoms with E-state index in [0.29, 0.717) is 12.4 Å². The molecule has 2 aromatic carbocycles. The molecule has 0 spiro atoms. The lowest BCUT2D eigenvalue weighted by molar-refractivity contribution is 0.0959. The number of ether oxygens (including phenoxy) is 1. The van der Waals surface area contributed by atoms with Crippen molar-refractivity contribution in [1.82, 2.24) is 10.3 Å². The van der Waals surface area contributed by atoms with E-state index < -0.39 is 29.1 Å². The first kappa shape index (κ1) is 19.0. The fourth-order valence-corrected chi connectivity index (χ4v) is 2.31. The first-order valence-electron chi connectivity index (χ1n) is 8.22. The molecule has 0 aliphatic rings. The van der Waals surface area contributed by atoms with Crippen LogP contribution in [0.15, 0.2) is 66.9 Å². The molecule has 8 heteroatoms. The summed E-state index contributed by atoms with van der Waals surface area (Å²) in [6, 6.07) is 14.6. The standard InChI is InChI=1S/C20H15F2N3O3/c21-15-7-4-8-16(22)18(15)19(26)25-20(27)24-17-10-9-14(11-23-17)28-12-13-5-2-1-3-6-13/h1-11H,12H2,(H2,23,24,25,26,27). The van der Waals surface area contributed by atoms with E-state index in [1.807, 2.05) is 35.6 Å². The number of imide groups is 1. The van der Waals surface area contributed by atoms with Gasteiger partial charge in [0.25, 0.3) is 5.91 Å². The topological polar surface area (TPSA) is 80.3 Å². The Kier molecular flexibility index (Phi) is 5.91. The van der Waals surface area contributed by atoms with Gasteiger partial charge in [-0.2, -0.15) is 0 Å². The van der Waals surface area contributed by atoms with Gasteiger partial charge in [-0.3, -0.25) is 15.4 Å². The molecule has 0 radical (unpaired) electrons. The van der Waals surface area contributed by atoms with Crippen LogP contribution in [0.25, 0.3) is 0 Å². The number of carbonyl (C=O) groups is 2. The molecule has 1 heterocycles. The molecule has 0 atom stereocenters. The maximum atomic E-state index is 13.6. The van der Waals surface area contributed by atoms with Crippen molar-refractivity contribution in [2.24, 2.45) is 0 Å². The van der Waals surface area contributed by atoms with Crippen LogP contribution in [0.2, 0.25) is 0 Å². The molecule has 0 bridgehead atoms. The van der Waals surface area contributed by atoms with Gasteiger partial charge in [-0.05, 0) is 29.8 Å². The summed E-state index contributed by atoms with van der Waals surface area (Å²) in [6.45, 7) is 0.360. The van der Waals surface area contributed by atoms with Crippen molar-refractivity contribution in [3.63, 3.8) is 0 Å². The summed E-state index contributed by atoms with van der Waals surface area (Å²) in [5.41, 5.74) is 0.151. The van der Waals surface area contributed by atoms with Crippen molar-refractivity contribution in [3.8, 4) is 5.75 Å². The average molecular weight is 383 g/mol. The Morgan fingerprint density at radius 2 is 1.64 bits per heavy atom. The summed E-state index contributed by atoms with van der Waals surface area (Å²) in [5.74, 6) is -2.71. The minimum atomic E-state index is -1.20. The third kappa shape index (κ3) is 4.88. The third-order valence-electron chi connectivity index (χ3n) is 3.64. The van der Waals surface area contributed by atoms with Gasteiger partial charge in [0, 0.05) is 0 Å². The molecule has 0 aliphatic heterocycles. The van der Waals surface area contributed by atoms with E-state index in [9.17, 15) is 18.4 Å². The molecule has 3 aromatic rings. The number of anilines is 1. The van der Waals surface area contributed by atoms with E-state index in [1.165, 1.54) is 12.3 Å². The number of urea groups is 1. The molecule has 2 N–H and O–H groups in total. The molecule has 1 aromatic heterocycles.